The predicted octanol–water partition coefficient (Wildman–Crippen LogP) is 9.13. The van der Waals surface area contributed by atoms with Gasteiger partial charge in [-0.2, -0.15) is 0 Å². The van der Waals surface area contributed by atoms with Crippen LogP contribution in [0, 0.1) is 13.8 Å². The molecule has 0 aliphatic carbocycles. The van der Waals surface area contributed by atoms with E-state index in [1.165, 1.54) is 11.1 Å². The van der Waals surface area contributed by atoms with Gasteiger partial charge in [0.2, 0.25) is 11.8 Å². The summed E-state index contributed by atoms with van der Waals surface area (Å²) >= 11 is 0. The van der Waals surface area contributed by atoms with E-state index >= 15 is 0 Å². The highest BCUT2D eigenvalue weighted by Gasteiger charge is 2.18. The Labute approximate surface area is 368 Å². The van der Waals surface area contributed by atoms with Crippen LogP contribution in [0.5, 0.6) is 11.5 Å². The fourth-order valence-electron chi connectivity index (χ4n) is 6.98. The molecule has 0 aromatic heterocycles. The zero-order valence-corrected chi connectivity index (χ0v) is 36.6. The molecule has 0 saturated carbocycles. The van der Waals surface area contributed by atoms with E-state index in [4.69, 9.17) is 19.9 Å². The normalized spacial score (nSPS) is 10.8. The SMILES string of the molecule is Cc1ccc(CCC(=O)NCCCN(CCCCN(CCCN)C(=O)CCc2ccc(OCc3ccccc3)c(OCc3ccccc3)c2)C(=O)OCc2ccccc2)cc1C. The van der Waals surface area contributed by atoms with Crippen LogP contribution in [0.25, 0.3) is 0 Å². The van der Waals surface area contributed by atoms with Gasteiger partial charge in [-0.05, 0) is 110 Å². The van der Waals surface area contributed by atoms with Crippen LogP contribution in [-0.4, -0.2) is 67.0 Å². The first kappa shape index (κ1) is 46.9. The average Bonchev–Trinajstić information content (AvgIpc) is 3.30. The summed E-state index contributed by atoms with van der Waals surface area (Å²) in [5, 5.41) is 3.01. The summed E-state index contributed by atoms with van der Waals surface area (Å²) in [5.74, 6) is 1.33. The maximum absolute atomic E-state index is 13.7. The number of nitrogens with two attached hydrogens (primary N) is 1. The monoisotopic (exact) mass is 840 g/mol. The third-order valence-electron chi connectivity index (χ3n) is 10.8. The number of benzene rings is 5. The van der Waals surface area contributed by atoms with Crippen LogP contribution >= 0.6 is 0 Å². The number of hydrogen-bond donors (Lipinski definition) is 2. The number of nitrogens with zero attached hydrogens (tertiary/aromatic N) is 2. The van der Waals surface area contributed by atoms with Gasteiger partial charge in [0.25, 0.3) is 0 Å². The van der Waals surface area contributed by atoms with Crippen molar-refractivity contribution in [1.29, 1.82) is 0 Å². The molecule has 0 fully saturated rings. The van der Waals surface area contributed by atoms with Crippen molar-refractivity contribution in [3.8, 4) is 11.5 Å². The number of nitrogens with one attached hydrogen (secondary N) is 1. The van der Waals surface area contributed by atoms with Crippen molar-refractivity contribution in [3.05, 3.63) is 166 Å². The molecule has 0 unspecified atom stereocenters. The van der Waals surface area contributed by atoms with Crippen LogP contribution in [0.4, 0.5) is 4.79 Å². The Morgan fingerprint density at radius 1 is 0.532 bits per heavy atom. The Balaban J connectivity index is 1.12. The van der Waals surface area contributed by atoms with Gasteiger partial charge in [0, 0.05) is 45.6 Å². The molecule has 0 spiro atoms. The van der Waals surface area contributed by atoms with Crippen molar-refractivity contribution in [2.75, 3.05) is 39.3 Å². The van der Waals surface area contributed by atoms with E-state index in [0.717, 1.165) is 27.8 Å². The third-order valence-corrected chi connectivity index (χ3v) is 10.8. The average molecular weight is 841 g/mol. The Bertz CT molecular complexity index is 2100. The highest BCUT2D eigenvalue weighted by Crippen LogP contribution is 2.31. The van der Waals surface area contributed by atoms with E-state index in [0.29, 0.717) is 115 Å². The second kappa shape index (κ2) is 26.3. The minimum absolute atomic E-state index is 0.00892. The number of rotatable bonds is 26. The number of carbonyl (C=O) groups is 3. The van der Waals surface area contributed by atoms with Crippen LogP contribution in [0.3, 0.4) is 0 Å². The molecule has 0 atom stereocenters. The van der Waals surface area contributed by atoms with Crippen molar-refractivity contribution in [1.82, 2.24) is 15.1 Å². The topological polar surface area (TPSA) is 123 Å². The first-order chi connectivity index (χ1) is 30.3. The van der Waals surface area contributed by atoms with Crippen LogP contribution in [-0.2, 0) is 47.0 Å². The Morgan fingerprint density at radius 3 is 1.69 bits per heavy atom. The smallest absolute Gasteiger partial charge is 0.410 e. The molecular weight excluding hydrogens is 777 g/mol. The minimum atomic E-state index is -0.394. The fourth-order valence-corrected chi connectivity index (χ4v) is 6.98. The molecule has 62 heavy (non-hydrogen) atoms. The quantitative estimate of drug-likeness (QED) is 0.0533. The molecular formula is C52H64N4O6. The van der Waals surface area contributed by atoms with Gasteiger partial charge in [-0.3, -0.25) is 9.59 Å². The molecule has 0 aliphatic rings. The number of ether oxygens (including phenoxy) is 3. The third kappa shape index (κ3) is 16.7. The van der Waals surface area contributed by atoms with Crippen LogP contribution < -0.4 is 20.5 Å². The van der Waals surface area contributed by atoms with E-state index in [-0.39, 0.29) is 18.4 Å². The second-order valence-electron chi connectivity index (χ2n) is 15.7. The number of carbonyl (C=O) groups excluding carboxylic acids is 3. The Morgan fingerprint density at radius 2 is 1.06 bits per heavy atom. The van der Waals surface area contributed by atoms with Crippen molar-refractivity contribution in [2.45, 2.75) is 85.0 Å². The predicted molar refractivity (Wildman–Crippen MR) is 246 cm³/mol. The molecule has 0 saturated heterocycles. The number of unbranched alkanes of at least 4 members (excludes halogenated alkanes) is 1. The maximum Gasteiger partial charge on any atom is 0.410 e. The van der Waals surface area contributed by atoms with Gasteiger partial charge in [0.1, 0.15) is 19.8 Å². The molecule has 3 amide bonds. The second-order valence-corrected chi connectivity index (χ2v) is 15.7. The van der Waals surface area contributed by atoms with Gasteiger partial charge in [-0.15, -0.1) is 0 Å². The standard InChI is InChI=1S/C52H64N4O6/c1-41-22-23-43(36-42(41)2)25-28-50(57)54-31-15-35-56(52(59)62-40-47-20-10-5-11-21-47)33-13-12-32-55(34-14-30-53)51(58)29-26-44-24-27-48(60-38-45-16-6-3-7-17-45)49(37-44)61-39-46-18-8-4-9-19-46/h3-11,16-24,27,36-37H,12-15,25-26,28-35,38-40,53H2,1-2H3,(H,54,57). The van der Waals surface area contributed by atoms with Gasteiger partial charge in [0.15, 0.2) is 11.5 Å². The summed E-state index contributed by atoms with van der Waals surface area (Å²) in [6, 6.07) is 41.8. The first-order valence-electron chi connectivity index (χ1n) is 22.0. The molecule has 5 rings (SSSR count). The molecule has 5 aromatic carbocycles. The minimum Gasteiger partial charge on any atom is -0.485 e. The molecule has 5 aromatic rings. The van der Waals surface area contributed by atoms with Gasteiger partial charge in [-0.25, -0.2) is 4.79 Å². The summed E-state index contributed by atoms with van der Waals surface area (Å²) in [5.41, 5.74) is 13.5. The van der Waals surface area contributed by atoms with Crippen molar-refractivity contribution in [2.24, 2.45) is 5.73 Å². The van der Waals surface area contributed by atoms with Gasteiger partial charge in [0.05, 0.1) is 0 Å². The molecule has 10 nitrogen and oxygen atoms in total. The lowest BCUT2D eigenvalue weighted by molar-refractivity contribution is -0.131. The molecule has 10 heteroatoms. The lowest BCUT2D eigenvalue weighted by atomic mass is 10.0. The fraction of sp³-hybridized carbons (Fsp3) is 0.365. The molecule has 0 heterocycles. The first-order valence-corrected chi connectivity index (χ1v) is 22.0. The van der Waals surface area contributed by atoms with E-state index in [1.807, 2.05) is 114 Å². The van der Waals surface area contributed by atoms with Gasteiger partial charge in [-0.1, -0.05) is 115 Å². The van der Waals surface area contributed by atoms with E-state index in [9.17, 15) is 14.4 Å². The van der Waals surface area contributed by atoms with E-state index in [1.54, 1.807) is 4.90 Å². The lowest BCUT2D eigenvalue weighted by Crippen LogP contribution is -2.37. The van der Waals surface area contributed by atoms with Crippen molar-refractivity contribution >= 4 is 17.9 Å². The van der Waals surface area contributed by atoms with Crippen LogP contribution in [0.15, 0.2) is 127 Å². The summed E-state index contributed by atoms with van der Waals surface area (Å²) < 4.78 is 18.2. The zero-order valence-electron chi connectivity index (χ0n) is 36.6. The largest absolute Gasteiger partial charge is 0.485 e. The number of hydrogen-bond acceptors (Lipinski definition) is 7. The highest BCUT2D eigenvalue weighted by atomic mass is 16.6. The summed E-state index contributed by atoms with van der Waals surface area (Å²) in [4.78, 5) is 43.3. The van der Waals surface area contributed by atoms with Crippen LogP contribution in [0.2, 0.25) is 0 Å². The molecule has 3 N–H and O–H groups in total. The van der Waals surface area contributed by atoms with E-state index in [2.05, 4.69) is 37.4 Å². The highest BCUT2D eigenvalue weighted by molar-refractivity contribution is 5.76. The summed E-state index contributed by atoms with van der Waals surface area (Å²) in [6.45, 7) is 8.13. The van der Waals surface area contributed by atoms with Gasteiger partial charge < -0.3 is 35.1 Å². The molecule has 0 aliphatic heterocycles. The Hall–Kier alpha value is -6.13. The zero-order chi connectivity index (χ0) is 43.8. The van der Waals surface area contributed by atoms with Crippen LogP contribution in [0.1, 0.15) is 77.5 Å². The maximum atomic E-state index is 13.7. The van der Waals surface area contributed by atoms with E-state index < -0.39 is 6.09 Å². The van der Waals surface area contributed by atoms with Gasteiger partial charge >= 0.3 is 6.09 Å². The van der Waals surface area contributed by atoms with Crippen molar-refractivity contribution in [3.63, 3.8) is 0 Å². The molecule has 328 valence electrons. The lowest BCUT2D eigenvalue weighted by Gasteiger charge is -2.25. The number of aryl methyl sites for hydroxylation is 4. The summed E-state index contributed by atoms with van der Waals surface area (Å²) in [7, 11) is 0. The number of amides is 3. The Kier molecular flexibility index (Phi) is 19.9. The molecule has 0 radical (unpaired) electrons. The molecule has 0 bridgehead atoms. The summed E-state index contributed by atoms with van der Waals surface area (Å²) in [6.07, 6.45) is 4.25. The van der Waals surface area contributed by atoms with Crippen molar-refractivity contribution < 1.29 is 28.6 Å².